The minimum absolute atomic E-state index is 0.180. The van der Waals surface area contributed by atoms with Crippen molar-refractivity contribution >= 4 is 5.97 Å². The number of hydrogen-bond donors (Lipinski definition) is 1. The van der Waals surface area contributed by atoms with Gasteiger partial charge in [0.1, 0.15) is 5.75 Å². The minimum Gasteiger partial charge on any atom is -0.508 e. The normalized spacial score (nSPS) is 9.69. The van der Waals surface area contributed by atoms with Gasteiger partial charge in [-0.05, 0) is 30.2 Å². The average molecular weight is 180 g/mol. The van der Waals surface area contributed by atoms with Crippen LogP contribution in [-0.4, -0.2) is 18.2 Å². The van der Waals surface area contributed by atoms with Crippen LogP contribution in [0.25, 0.3) is 0 Å². The fourth-order valence-corrected chi connectivity index (χ4v) is 1.18. The number of esters is 1. The lowest BCUT2D eigenvalue weighted by Gasteiger charge is -2.02. The molecule has 70 valence electrons. The molecule has 0 aliphatic carbocycles. The maximum Gasteiger partial charge on any atom is 0.309 e. The van der Waals surface area contributed by atoms with Crippen LogP contribution in [0.3, 0.4) is 0 Å². The Kier molecular flexibility index (Phi) is 2.90. The van der Waals surface area contributed by atoms with E-state index in [0.717, 1.165) is 11.1 Å². The van der Waals surface area contributed by atoms with E-state index in [1.54, 1.807) is 12.1 Å². The van der Waals surface area contributed by atoms with Gasteiger partial charge in [0.2, 0.25) is 0 Å². The van der Waals surface area contributed by atoms with Crippen LogP contribution in [0.5, 0.6) is 5.75 Å². The van der Waals surface area contributed by atoms with Gasteiger partial charge in [0, 0.05) is 0 Å². The molecule has 0 atom stereocenters. The lowest BCUT2D eigenvalue weighted by molar-refractivity contribution is -0.139. The van der Waals surface area contributed by atoms with Gasteiger partial charge in [0.25, 0.3) is 0 Å². The Morgan fingerprint density at radius 1 is 1.46 bits per heavy atom. The Morgan fingerprint density at radius 2 is 2.15 bits per heavy atom. The standard InChI is InChI=1S/C10H12O3/c1-7-3-8(5-9(11)4-7)6-10(12)13-2/h3-5,11H,6H2,1-2H3. The van der Waals surface area contributed by atoms with Gasteiger partial charge in [-0.1, -0.05) is 6.07 Å². The Balaban J connectivity index is 2.83. The molecule has 0 unspecified atom stereocenters. The Bertz CT molecular complexity index is 298. The summed E-state index contributed by atoms with van der Waals surface area (Å²) >= 11 is 0. The third kappa shape index (κ3) is 2.78. The average Bonchev–Trinajstić information content (AvgIpc) is 2.02. The van der Waals surface area contributed by atoms with Gasteiger partial charge < -0.3 is 9.84 Å². The second kappa shape index (κ2) is 3.94. The second-order valence-corrected chi connectivity index (χ2v) is 2.93. The monoisotopic (exact) mass is 180 g/mol. The first-order valence-corrected chi connectivity index (χ1v) is 3.98. The van der Waals surface area contributed by atoms with Crippen LogP contribution >= 0.6 is 0 Å². The molecule has 0 aliphatic rings. The zero-order valence-corrected chi connectivity index (χ0v) is 7.70. The van der Waals surface area contributed by atoms with Crippen LogP contribution in [0.1, 0.15) is 11.1 Å². The molecular weight excluding hydrogens is 168 g/mol. The summed E-state index contributed by atoms with van der Waals surface area (Å²) in [7, 11) is 1.35. The van der Waals surface area contributed by atoms with Gasteiger partial charge in [0.05, 0.1) is 13.5 Å². The maximum atomic E-state index is 10.9. The largest absolute Gasteiger partial charge is 0.508 e. The topological polar surface area (TPSA) is 46.5 Å². The van der Waals surface area contributed by atoms with E-state index in [0.29, 0.717) is 0 Å². The Morgan fingerprint density at radius 3 is 2.69 bits per heavy atom. The number of rotatable bonds is 2. The Hall–Kier alpha value is -1.51. The number of phenolic OH excluding ortho intramolecular Hbond substituents is 1. The summed E-state index contributed by atoms with van der Waals surface area (Å²) in [4.78, 5) is 10.9. The molecule has 1 N–H and O–H groups in total. The Labute approximate surface area is 77.0 Å². The van der Waals surface area contributed by atoms with E-state index in [2.05, 4.69) is 4.74 Å². The van der Waals surface area contributed by atoms with E-state index in [-0.39, 0.29) is 18.1 Å². The maximum absolute atomic E-state index is 10.9. The summed E-state index contributed by atoms with van der Waals surface area (Å²) < 4.78 is 4.51. The van der Waals surface area contributed by atoms with Gasteiger partial charge in [-0.3, -0.25) is 4.79 Å². The quantitative estimate of drug-likeness (QED) is 0.700. The number of hydrogen-bond acceptors (Lipinski definition) is 3. The molecule has 1 aromatic carbocycles. The first-order valence-electron chi connectivity index (χ1n) is 3.98. The molecular formula is C10H12O3. The highest BCUT2D eigenvalue weighted by Gasteiger charge is 2.03. The van der Waals surface area contributed by atoms with Crippen molar-refractivity contribution in [1.29, 1.82) is 0 Å². The van der Waals surface area contributed by atoms with Crippen molar-refractivity contribution in [2.24, 2.45) is 0 Å². The molecule has 1 aromatic rings. The van der Waals surface area contributed by atoms with Crippen molar-refractivity contribution in [3.63, 3.8) is 0 Å². The van der Waals surface area contributed by atoms with Crippen LogP contribution in [-0.2, 0) is 16.0 Å². The van der Waals surface area contributed by atoms with Crippen molar-refractivity contribution in [2.75, 3.05) is 7.11 Å². The van der Waals surface area contributed by atoms with E-state index in [1.807, 2.05) is 13.0 Å². The van der Waals surface area contributed by atoms with Crippen molar-refractivity contribution in [3.8, 4) is 5.75 Å². The highest BCUT2D eigenvalue weighted by Crippen LogP contribution is 2.15. The number of carbonyl (C=O) groups excluding carboxylic acids is 1. The van der Waals surface area contributed by atoms with Crippen LogP contribution in [0.15, 0.2) is 18.2 Å². The zero-order chi connectivity index (χ0) is 9.84. The third-order valence-electron chi connectivity index (χ3n) is 1.70. The lowest BCUT2D eigenvalue weighted by Crippen LogP contribution is -2.04. The fraction of sp³-hybridized carbons (Fsp3) is 0.300. The number of phenols is 1. The van der Waals surface area contributed by atoms with Gasteiger partial charge in [0.15, 0.2) is 0 Å². The van der Waals surface area contributed by atoms with Crippen molar-refractivity contribution < 1.29 is 14.6 Å². The number of benzene rings is 1. The molecule has 3 nitrogen and oxygen atoms in total. The molecule has 1 rings (SSSR count). The number of carbonyl (C=O) groups is 1. The highest BCUT2D eigenvalue weighted by atomic mass is 16.5. The number of aryl methyl sites for hydroxylation is 1. The van der Waals surface area contributed by atoms with Crippen LogP contribution < -0.4 is 0 Å². The van der Waals surface area contributed by atoms with Crippen LogP contribution in [0.2, 0.25) is 0 Å². The van der Waals surface area contributed by atoms with E-state index in [4.69, 9.17) is 0 Å². The molecule has 0 saturated carbocycles. The summed E-state index contributed by atoms with van der Waals surface area (Å²) in [5, 5.41) is 9.23. The van der Waals surface area contributed by atoms with Crippen molar-refractivity contribution in [2.45, 2.75) is 13.3 Å². The SMILES string of the molecule is COC(=O)Cc1cc(C)cc(O)c1. The molecule has 0 aliphatic heterocycles. The molecule has 0 bridgehead atoms. The predicted octanol–water partition coefficient (Wildman–Crippen LogP) is 1.42. The van der Waals surface area contributed by atoms with Gasteiger partial charge >= 0.3 is 5.97 Å². The zero-order valence-electron chi connectivity index (χ0n) is 7.70. The van der Waals surface area contributed by atoms with Crippen LogP contribution in [0, 0.1) is 6.92 Å². The van der Waals surface area contributed by atoms with Crippen molar-refractivity contribution in [1.82, 2.24) is 0 Å². The molecule has 0 fully saturated rings. The fourth-order valence-electron chi connectivity index (χ4n) is 1.18. The molecule has 0 radical (unpaired) electrons. The van der Waals surface area contributed by atoms with Gasteiger partial charge in [-0.25, -0.2) is 0 Å². The third-order valence-corrected chi connectivity index (χ3v) is 1.70. The summed E-state index contributed by atoms with van der Waals surface area (Å²) in [6.45, 7) is 1.86. The van der Waals surface area contributed by atoms with Crippen molar-refractivity contribution in [3.05, 3.63) is 29.3 Å². The van der Waals surface area contributed by atoms with E-state index >= 15 is 0 Å². The second-order valence-electron chi connectivity index (χ2n) is 2.93. The molecule has 0 aromatic heterocycles. The first-order chi connectivity index (χ1) is 6.11. The number of methoxy groups -OCH3 is 1. The van der Waals surface area contributed by atoms with E-state index < -0.39 is 0 Å². The van der Waals surface area contributed by atoms with E-state index in [9.17, 15) is 9.90 Å². The minimum atomic E-state index is -0.301. The van der Waals surface area contributed by atoms with E-state index in [1.165, 1.54) is 7.11 Å². The summed E-state index contributed by atoms with van der Waals surface area (Å²) in [5.41, 5.74) is 1.70. The molecule has 13 heavy (non-hydrogen) atoms. The molecule has 0 spiro atoms. The summed E-state index contributed by atoms with van der Waals surface area (Å²) in [6.07, 6.45) is 0.200. The first kappa shape index (κ1) is 9.58. The van der Waals surface area contributed by atoms with Crippen LogP contribution in [0.4, 0.5) is 0 Å². The molecule has 0 amide bonds. The summed E-state index contributed by atoms with van der Waals surface area (Å²) in [5.74, 6) is -0.121. The summed E-state index contributed by atoms with van der Waals surface area (Å²) in [6, 6.07) is 5.04. The molecule has 3 heteroatoms. The number of aromatic hydroxyl groups is 1. The predicted molar refractivity (Wildman–Crippen MR) is 48.6 cm³/mol. The molecule has 0 heterocycles. The lowest BCUT2D eigenvalue weighted by atomic mass is 10.1. The number of ether oxygens (including phenoxy) is 1. The smallest absolute Gasteiger partial charge is 0.309 e. The van der Waals surface area contributed by atoms with Gasteiger partial charge in [-0.2, -0.15) is 0 Å². The van der Waals surface area contributed by atoms with Gasteiger partial charge in [-0.15, -0.1) is 0 Å². The highest BCUT2D eigenvalue weighted by molar-refractivity contribution is 5.72. The molecule has 0 saturated heterocycles.